The molecule has 0 radical (unpaired) electrons. The first-order valence-corrected chi connectivity index (χ1v) is 4.40. The van der Waals surface area contributed by atoms with Crippen LogP contribution in [0.3, 0.4) is 0 Å². The summed E-state index contributed by atoms with van der Waals surface area (Å²) in [7, 11) is 1.61. The number of amidine groups is 1. The summed E-state index contributed by atoms with van der Waals surface area (Å²) in [5.74, 6) is 5.78. The van der Waals surface area contributed by atoms with Gasteiger partial charge in [-0.2, -0.15) is 0 Å². The number of rotatable bonds is 4. The van der Waals surface area contributed by atoms with E-state index in [1.807, 2.05) is 0 Å². The average molecular weight is 218 g/mol. The molecule has 0 aliphatic rings. The van der Waals surface area contributed by atoms with Crippen LogP contribution in [0.4, 0.5) is 0 Å². The maximum Gasteiger partial charge on any atom is 0.203 e. The van der Waals surface area contributed by atoms with Crippen LogP contribution in [0.15, 0.2) is 21.7 Å². The summed E-state index contributed by atoms with van der Waals surface area (Å²) >= 11 is 5.75. The zero-order chi connectivity index (χ0) is 10.4. The Bertz CT molecular complexity index is 311. The Morgan fingerprint density at radius 2 is 2.57 bits per heavy atom. The van der Waals surface area contributed by atoms with E-state index in [1.165, 1.54) is 6.26 Å². The molecule has 5 nitrogen and oxygen atoms in total. The summed E-state index contributed by atoms with van der Waals surface area (Å²) < 4.78 is 9.76. The van der Waals surface area contributed by atoms with Gasteiger partial charge < -0.3 is 14.6 Å². The third-order valence-corrected chi connectivity index (χ3v) is 1.87. The fourth-order valence-corrected chi connectivity index (χ4v) is 1.12. The van der Waals surface area contributed by atoms with Gasteiger partial charge in [-0.25, -0.2) is 5.84 Å². The molecule has 0 aromatic carbocycles. The first-order valence-electron chi connectivity index (χ1n) is 4.03. The number of methoxy groups -OCH3 is 1. The number of aliphatic imine (C=N–C) groups is 1. The minimum atomic E-state index is 0.263. The number of furan rings is 1. The lowest BCUT2D eigenvalue weighted by molar-refractivity contribution is 0.208. The highest BCUT2D eigenvalue weighted by atomic mass is 35.5. The zero-order valence-electron chi connectivity index (χ0n) is 7.79. The number of nitrogens with two attached hydrogens (primary N) is 1. The zero-order valence-corrected chi connectivity index (χ0v) is 8.54. The maximum absolute atomic E-state index is 5.75. The smallest absolute Gasteiger partial charge is 0.203 e. The lowest BCUT2D eigenvalue weighted by Gasteiger charge is -2.02. The van der Waals surface area contributed by atoms with Gasteiger partial charge in [0.1, 0.15) is 5.84 Å². The van der Waals surface area contributed by atoms with Gasteiger partial charge in [0.05, 0.1) is 25.0 Å². The second-order valence-electron chi connectivity index (χ2n) is 2.48. The van der Waals surface area contributed by atoms with Gasteiger partial charge in [0.15, 0.2) is 0 Å². The number of halogens is 1. The molecule has 0 aliphatic heterocycles. The fourth-order valence-electron chi connectivity index (χ4n) is 0.920. The fraction of sp³-hybridized carbons (Fsp3) is 0.375. The molecule has 1 aromatic heterocycles. The minimum Gasteiger partial charge on any atom is -0.452 e. The predicted molar refractivity (Wildman–Crippen MR) is 54.3 cm³/mol. The largest absolute Gasteiger partial charge is 0.452 e. The molecule has 0 amide bonds. The maximum atomic E-state index is 5.75. The number of nitrogens with one attached hydrogen (secondary N) is 1. The van der Waals surface area contributed by atoms with Gasteiger partial charge in [0.2, 0.25) is 5.22 Å². The number of hydrazine groups is 1. The van der Waals surface area contributed by atoms with E-state index in [0.29, 0.717) is 24.6 Å². The van der Waals surface area contributed by atoms with Gasteiger partial charge in [-0.1, -0.05) is 0 Å². The van der Waals surface area contributed by atoms with Crippen LogP contribution in [-0.4, -0.2) is 26.1 Å². The van der Waals surface area contributed by atoms with E-state index in [9.17, 15) is 0 Å². The molecule has 0 atom stereocenters. The van der Waals surface area contributed by atoms with Gasteiger partial charge >= 0.3 is 0 Å². The molecule has 0 spiro atoms. The normalized spacial score (nSPS) is 11.8. The second kappa shape index (κ2) is 5.64. The molecule has 6 heteroatoms. The van der Waals surface area contributed by atoms with Crippen molar-refractivity contribution >= 4 is 17.4 Å². The molecule has 0 aliphatic carbocycles. The van der Waals surface area contributed by atoms with Crippen LogP contribution >= 0.6 is 11.6 Å². The Hall–Kier alpha value is -1.04. The Kier molecular flexibility index (Phi) is 4.45. The molecule has 0 unspecified atom stereocenters. The van der Waals surface area contributed by atoms with E-state index in [2.05, 4.69) is 10.4 Å². The van der Waals surface area contributed by atoms with Crippen LogP contribution in [0, 0.1) is 0 Å². The molecule has 0 bridgehead atoms. The molecule has 14 heavy (non-hydrogen) atoms. The molecule has 1 rings (SSSR count). The quantitative estimate of drug-likeness (QED) is 0.257. The van der Waals surface area contributed by atoms with Crippen molar-refractivity contribution in [1.29, 1.82) is 0 Å². The highest BCUT2D eigenvalue weighted by molar-refractivity contribution is 6.32. The van der Waals surface area contributed by atoms with E-state index in [-0.39, 0.29) is 5.22 Å². The van der Waals surface area contributed by atoms with E-state index in [4.69, 9.17) is 26.6 Å². The van der Waals surface area contributed by atoms with E-state index < -0.39 is 0 Å². The molecule has 0 saturated heterocycles. The summed E-state index contributed by atoms with van der Waals surface area (Å²) in [6, 6.07) is 1.69. The topological polar surface area (TPSA) is 72.8 Å². The predicted octanol–water partition coefficient (Wildman–Crippen LogP) is 0.789. The van der Waals surface area contributed by atoms with Crippen LogP contribution in [0.5, 0.6) is 0 Å². The van der Waals surface area contributed by atoms with Gasteiger partial charge in [0.25, 0.3) is 0 Å². The average Bonchev–Trinajstić information content (AvgIpc) is 2.60. The van der Waals surface area contributed by atoms with Crippen molar-refractivity contribution in [3.63, 3.8) is 0 Å². The van der Waals surface area contributed by atoms with E-state index >= 15 is 0 Å². The van der Waals surface area contributed by atoms with Crippen molar-refractivity contribution < 1.29 is 9.15 Å². The van der Waals surface area contributed by atoms with Crippen LogP contribution in [0.25, 0.3) is 0 Å². The van der Waals surface area contributed by atoms with Gasteiger partial charge in [-0.05, 0) is 17.7 Å². The van der Waals surface area contributed by atoms with Crippen molar-refractivity contribution in [2.24, 2.45) is 10.8 Å². The van der Waals surface area contributed by atoms with Gasteiger partial charge in [0, 0.05) is 7.11 Å². The molecule has 0 saturated carbocycles. The number of ether oxygens (including phenoxy) is 1. The lowest BCUT2D eigenvalue weighted by Crippen LogP contribution is -2.31. The Balaban J connectivity index is 2.71. The standard InChI is InChI=1S/C8H12ClN3O2/c1-13-5-3-11-8(12-10)6-2-4-14-7(6)9/h2,4H,3,5,10H2,1H3,(H,11,12). The molecular formula is C8H12ClN3O2. The summed E-state index contributed by atoms with van der Waals surface area (Å²) in [6.45, 7) is 1.04. The van der Waals surface area contributed by atoms with E-state index in [1.54, 1.807) is 13.2 Å². The molecule has 0 fully saturated rings. The molecule has 3 N–H and O–H groups in total. The van der Waals surface area contributed by atoms with Crippen molar-refractivity contribution in [3.8, 4) is 0 Å². The van der Waals surface area contributed by atoms with Crippen LogP contribution in [-0.2, 0) is 4.74 Å². The SMILES string of the molecule is COCCN=C(NN)c1ccoc1Cl. The summed E-state index contributed by atoms with van der Waals surface area (Å²) in [6.07, 6.45) is 1.47. The number of hydrogen-bond acceptors (Lipinski definition) is 4. The summed E-state index contributed by atoms with van der Waals surface area (Å²) in [4.78, 5) is 4.15. The van der Waals surface area contributed by atoms with Crippen molar-refractivity contribution in [1.82, 2.24) is 5.43 Å². The molecule has 78 valence electrons. The monoisotopic (exact) mass is 217 g/mol. The highest BCUT2D eigenvalue weighted by Gasteiger charge is 2.08. The van der Waals surface area contributed by atoms with Gasteiger partial charge in [-0.15, -0.1) is 0 Å². The third kappa shape index (κ3) is 2.73. The number of nitrogens with zero attached hydrogens (tertiary/aromatic N) is 1. The highest BCUT2D eigenvalue weighted by Crippen LogP contribution is 2.16. The first kappa shape index (κ1) is 11.0. The minimum absolute atomic E-state index is 0.263. The molecular weight excluding hydrogens is 206 g/mol. The molecule has 1 heterocycles. The van der Waals surface area contributed by atoms with Crippen LogP contribution in [0.2, 0.25) is 5.22 Å². The number of hydrogen-bond donors (Lipinski definition) is 2. The summed E-state index contributed by atoms with van der Waals surface area (Å²) in [5.41, 5.74) is 3.10. The van der Waals surface area contributed by atoms with E-state index in [0.717, 1.165) is 0 Å². The Morgan fingerprint density at radius 3 is 3.07 bits per heavy atom. The Morgan fingerprint density at radius 1 is 1.79 bits per heavy atom. The first-order chi connectivity index (χ1) is 6.79. The molecule has 1 aromatic rings. The summed E-state index contributed by atoms with van der Waals surface area (Å²) in [5, 5.41) is 0.263. The van der Waals surface area contributed by atoms with Crippen molar-refractivity contribution in [2.45, 2.75) is 0 Å². The lowest BCUT2D eigenvalue weighted by atomic mass is 10.3. The van der Waals surface area contributed by atoms with Crippen LogP contribution in [0.1, 0.15) is 5.56 Å². The van der Waals surface area contributed by atoms with Crippen molar-refractivity contribution in [3.05, 3.63) is 23.1 Å². The Labute approximate surface area is 86.9 Å². The third-order valence-electron chi connectivity index (χ3n) is 1.58. The van der Waals surface area contributed by atoms with Crippen molar-refractivity contribution in [2.75, 3.05) is 20.3 Å². The van der Waals surface area contributed by atoms with Gasteiger partial charge in [-0.3, -0.25) is 4.99 Å². The second-order valence-corrected chi connectivity index (χ2v) is 2.82. The van der Waals surface area contributed by atoms with Crippen LogP contribution < -0.4 is 11.3 Å².